The molecule has 3 rings (SSSR count). The highest BCUT2D eigenvalue weighted by Gasteiger charge is 2.27. The first-order valence-corrected chi connectivity index (χ1v) is 8.43. The zero-order chi connectivity index (χ0) is 16.4. The van der Waals surface area contributed by atoms with Crippen LogP contribution in [0.4, 0.5) is 0 Å². The second-order valence-electron chi connectivity index (χ2n) is 5.78. The van der Waals surface area contributed by atoms with Crippen LogP contribution in [0.2, 0.25) is 0 Å². The summed E-state index contributed by atoms with van der Waals surface area (Å²) in [6.07, 6.45) is 1.88. The molecular formula is C18H17BrN2O2. The minimum atomic E-state index is -0.0432. The van der Waals surface area contributed by atoms with Gasteiger partial charge in [-0.2, -0.15) is 5.26 Å². The lowest BCUT2D eigenvalue weighted by molar-refractivity contribution is 0.0711. The average molecular weight is 373 g/mol. The molecule has 0 radical (unpaired) electrons. The number of amides is 1. The van der Waals surface area contributed by atoms with Crippen molar-refractivity contribution in [2.45, 2.75) is 25.7 Å². The molecule has 2 aromatic rings. The fourth-order valence-electron chi connectivity index (χ4n) is 3.12. The van der Waals surface area contributed by atoms with Gasteiger partial charge in [0.1, 0.15) is 11.8 Å². The number of nitriles is 1. The fourth-order valence-corrected chi connectivity index (χ4v) is 3.73. The summed E-state index contributed by atoms with van der Waals surface area (Å²) in [6.45, 7) is 3.16. The summed E-state index contributed by atoms with van der Waals surface area (Å²) in [5, 5.41) is 8.88. The summed E-state index contributed by atoms with van der Waals surface area (Å²) in [6, 6.07) is 11.7. The summed E-state index contributed by atoms with van der Waals surface area (Å²) < 4.78 is 6.40. The van der Waals surface area contributed by atoms with Gasteiger partial charge in [0, 0.05) is 23.6 Å². The number of hydrogen-bond donors (Lipinski definition) is 0. The zero-order valence-electron chi connectivity index (χ0n) is 12.9. The summed E-state index contributed by atoms with van der Waals surface area (Å²) in [4.78, 5) is 14.5. The molecule has 5 heteroatoms. The van der Waals surface area contributed by atoms with Gasteiger partial charge < -0.3 is 9.32 Å². The van der Waals surface area contributed by atoms with Crippen molar-refractivity contribution in [3.05, 3.63) is 57.5 Å². The van der Waals surface area contributed by atoms with E-state index in [1.54, 1.807) is 6.92 Å². The lowest BCUT2D eigenvalue weighted by atomic mass is 9.89. The molecule has 0 N–H and O–H groups in total. The number of hydrogen-bond acceptors (Lipinski definition) is 3. The molecule has 4 nitrogen and oxygen atoms in total. The van der Waals surface area contributed by atoms with Crippen LogP contribution in [0.15, 0.2) is 39.2 Å². The van der Waals surface area contributed by atoms with Gasteiger partial charge in [0.2, 0.25) is 5.76 Å². The molecule has 1 aliphatic heterocycles. The predicted molar refractivity (Wildman–Crippen MR) is 90.2 cm³/mol. The molecule has 0 unspecified atom stereocenters. The van der Waals surface area contributed by atoms with Crippen molar-refractivity contribution in [3.63, 3.8) is 0 Å². The Morgan fingerprint density at radius 3 is 2.65 bits per heavy atom. The van der Waals surface area contributed by atoms with Crippen LogP contribution in [-0.4, -0.2) is 23.9 Å². The van der Waals surface area contributed by atoms with E-state index in [0.29, 0.717) is 17.2 Å². The first-order chi connectivity index (χ1) is 11.1. The quantitative estimate of drug-likeness (QED) is 0.791. The molecule has 1 aromatic carbocycles. The fraction of sp³-hybridized carbons (Fsp3) is 0.333. The summed E-state index contributed by atoms with van der Waals surface area (Å²) in [5.74, 6) is 1.13. The number of rotatable bonds is 2. The van der Waals surface area contributed by atoms with E-state index in [1.165, 1.54) is 11.6 Å². The van der Waals surface area contributed by atoms with Crippen molar-refractivity contribution in [1.29, 1.82) is 5.26 Å². The molecule has 0 saturated carbocycles. The molecule has 0 aliphatic carbocycles. The van der Waals surface area contributed by atoms with E-state index in [-0.39, 0.29) is 11.7 Å². The van der Waals surface area contributed by atoms with Crippen LogP contribution in [0.5, 0.6) is 0 Å². The molecule has 118 valence electrons. The van der Waals surface area contributed by atoms with Crippen LogP contribution < -0.4 is 0 Å². The van der Waals surface area contributed by atoms with E-state index in [2.05, 4.69) is 34.1 Å². The Kier molecular flexibility index (Phi) is 4.53. The topological polar surface area (TPSA) is 57.2 Å². The number of furan rings is 1. The molecular weight excluding hydrogens is 356 g/mol. The number of likely N-dealkylation sites (tertiary alicyclic amines) is 1. The first-order valence-electron chi connectivity index (χ1n) is 7.64. The van der Waals surface area contributed by atoms with Crippen molar-refractivity contribution < 1.29 is 9.21 Å². The van der Waals surface area contributed by atoms with Crippen molar-refractivity contribution >= 4 is 21.8 Å². The van der Waals surface area contributed by atoms with Crippen LogP contribution in [0.3, 0.4) is 0 Å². The maximum absolute atomic E-state index is 12.6. The normalized spacial score (nSPS) is 15.4. The Hall–Kier alpha value is -2.06. The Bertz CT molecular complexity index is 768. The van der Waals surface area contributed by atoms with Crippen molar-refractivity contribution in [2.75, 3.05) is 13.1 Å². The zero-order valence-corrected chi connectivity index (χ0v) is 14.5. The van der Waals surface area contributed by atoms with Gasteiger partial charge in [-0.15, -0.1) is 0 Å². The molecule has 1 aliphatic rings. The third kappa shape index (κ3) is 3.18. The van der Waals surface area contributed by atoms with E-state index in [9.17, 15) is 4.79 Å². The third-order valence-corrected chi connectivity index (χ3v) is 5.11. The second kappa shape index (κ2) is 6.59. The number of aryl methyl sites for hydroxylation is 1. The van der Waals surface area contributed by atoms with Gasteiger partial charge >= 0.3 is 0 Å². The highest BCUT2D eigenvalue weighted by Crippen LogP contribution is 2.33. The Balaban J connectivity index is 1.69. The highest BCUT2D eigenvalue weighted by atomic mass is 79.9. The van der Waals surface area contributed by atoms with Gasteiger partial charge in [-0.3, -0.25) is 4.79 Å². The molecule has 0 bridgehead atoms. The second-order valence-corrected chi connectivity index (χ2v) is 6.63. The predicted octanol–water partition coefficient (Wildman–Crippen LogP) is 4.24. The Labute approximate surface area is 143 Å². The van der Waals surface area contributed by atoms with Crippen LogP contribution in [0, 0.1) is 18.3 Å². The monoisotopic (exact) mass is 372 g/mol. The van der Waals surface area contributed by atoms with Crippen LogP contribution in [0.1, 0.15) is 46.2 Å². The van der Waals surface area contributed by atoms with E-state index in [1.807, 2.05) is 17.0 Å². The summed E-state index contributed by atoms with van der Waals surface area (Å²) in [7, 11) is 0. The smallest absolute Gasteiger partial charge is 0.257 e. The molecule has 1 saturated heterocycles. The van der Waals surface area contributed by atoms with Crippen molar-refractivity contribution in [3.8, 4) is 6.07 Å². The first kappa shape index (κ1) is 15.8. The summed E-state index contributed by atoms with van der Waals surface area (Å²) >= 11 is 3.61. The molecule has 0 spiro atoms. The van der Waals surface area contributed by atoms with Gasteiger partial charge in [0.15, 0.2) is 0 Å². The number of halogens is 1. The maximum Gasteiger partial charge on any atom is 0.257 e. The van der Waals surface area contributed by atoms with Crippen molar-refractivity contribution in [1.82, 2.24) is 4.90 Å². The number of carbonyl (C=O) groups is 1. The number of carbonyl (C=O) groups excluding carboxylic acids is 1. The summed E-state index contributed by atoms with van der Waals surface area (Å²) in [5.41, 5.74) is 1.81. The van der Waals surface area contributed by atoms with E-state index in [0.717, 1.165) is 30.4 Å². The minimum Gasteiger partial charge on any atom is -0.450 e. The molecule has 23 heavy (non-hydrogen) atoms. The number of piperidine rings is 1. The third-order valence-electron chi connectivity index (χ3n) is 4.39. The largest absolute Gasteiger partial charge is 0.450 e. The van der Waals surface area contributed by atoms with Crippen LogP contribution in [0.25, 0.3) is 0 Å². The maximum atomic E-state index is 12.6. The standard InChI is InChI=1S/C18H17BrN2O2/c1-12-16(10-14(11-20)23-12)18(22)21-8-6-13(7-9-21)15-4-2-3-5-17(15)19/h2-5,10,13H,6-9H2,1H3. The lowest BCUT2D eigenvalue weighted by Crippen LogP contribution is -2.38. The minimum absolute atomic E-state index is 0.0432. The number of nitrogens with zero attached hydrogens (tertiary/aromatic N) is 2. The van der Waals surface area contributed by atoms with Gasteiger partial charge in [0.05, 0.1) is 5.56 Å². The molecule has 1 aromatic heterocycles. The van der Waals surface area contributed by atoms with Crippen LogP contribution in [-0.2, 0) is 0 Å². The SMILES string of the molecule is Cc1oc(C#N)cc1C(=O)N1CCC(c2ccccc2Br)CC1. The van der Waals surface area contributed by atoms with Gasteiger partial charge in [0.25, 0.3) is 5.91 Å². The van der Waals surface area contributed by atoms with Crippen LogP contribution >= 0.6 is 15.9 Å². The molecule has 2 heterocycles. The van der Waals surface area contributed by atoms with E-state index >= 15 is 0 Å². The van der Waals surface area contributed by atoms with Gasteiger partial charge in [-0.05, 0) is 37.3 Å². The Morgan fingerprint density at radius 2 is 2.04 bits per heavy atom. The highest BCUT2D eigenvalue weighted by molar-refractivity contribution is 9.10. The molecule has 1 fully saturated rings. The number of benzene rings is 1. The lowest BCUT2D eigenvalue weighted by Gasteiger charge is -2.32. The van der Waals surface area contributed by atoms with Gasteiger partial charge in [-0.1, -0.05) is 34.1 Å². The van der Waals surface area contributed by atoms with E-state index in [4.69, 9.17) is 9.68 Å². The average Bonchev–Trinajstić information content (AvgIpc) is 2.96. The molecule has 1 amide bonds. The Morgan fingerprint density at radius 1 is 1.35 bits per heavy atom. The van der Waals surface area contributed by atoms with Crippen molar-refractivity contribution in [2.24, 2.45) is 0 Å². The van der Waals surface area contributed by atoms with Gasteiger partial charge in [-0.25, -0.2) is 0 Å². The van der Waals surface area contributed by atoms with E-state index < -0.39 is 0 Å². The molecule has 0 atom stereocenters.